The van der Waals surface area contributed by atoms with Crippen LogP contribution in [0.25, 0.3) is 0 Å². The van der Waals surface area contributed by atoms with Gasteiger partial charge in [-0.05, 0) is 31.4 Å². The Morgan fingerprint density at radius 2 is 1.72 bits per heavy atom. The minimum Gasteiger partial charge on any atom is -0.464 e. The topological polar surface area (TPSA) is 46.6 Å². The van der Waals surface area contributed by atoms with Crippen LogP contribution in [0.1, 0.15) is 80.6 Å². The molecule has 2 rings (SSSR count). The van der Waals surface area contributed by atoms with Crippen LogP contribution in [0.5, 0.6) is 0 Å². The van der Waals surface area contributed by atoms with Crippen LogP contribution in [0.2, 0.25) is 0 Å². The molecule has 1 fully saturated rings. The van der Waals surface area contributed by atoms with Crippen molar-refractivity contribution in [3.8, 4) is 0 Å². The molecule has 0 aliphatic carbocycles. The molecule has 4 nitrogen and oxygen atoms in total. The first-order valence-electron chi connectivity index (χ1n) is 10.5. The van der Waals surface area contributed by atoms with Crippen molar-refractivity contribution >= 4 is 11.9 Å². The molecule has 1 aliphatic heterocycles. The van der Waals surface area contributed by atoms with Crippen molar-refractivity contribution in [2.24, 2.45) is 0 Å². The third kappa shape index (κ3) is 6.75. The molecular weight excluding hydrogens is 383 g/mol. The first kappa shape index (κ1) is 23.2. The molecule has 29 heavy (non-hydrogen) atoms. The van der Waals surface area contributed by atoms with E-state index in [0.717, 1.165) is 31.4 Å². The fourth-order valence-corrected chi connectivity index (χ4v) is 3.65. The number of benzene rings is 1. The van der Waals surface area contributed by atoms with Gasteiger partial charge >= 0.3 is 12.1 Å². The van der Waals surface area contributed by atoms with Crippen molar-refractivity contribution in [1.82, 2.24) is 4.90 Å². The van der Waals surface area contributed by atoms with Crippen molar-refractivity contribution in [3.05, 3.63) is 35.4 Å². The number of amides is 1. The Labute approximate surface area is 170 Å². The molecule has 0 N–H and O–H groups in total. The summed E-state index contributed by atoms with van der Waals surface area (Å²) in [6.07, 6.45) is 4.00. The molecule has 1 amide bonds. The quantitative estimate of drug-likeness (QED) is 0.370. The maximum absolute atomic E-state index is 13.2. The molecule has 0 radical (unpaired) electrons. The molecule has 1 heterocycles. The van der Waals surface area contributed by atoms with Gasteiger partial charge in [0.1, 0.15) is 6.04 Å². The van der Waals surface area contributed by atoms with Crippen LogP contribution in [0, 0.1) is 0 Å². The maximum atomic E-state index is 13.2. The Hall–Kier alpha value is -2.05. The number of nitrogens with zero attached hydrogens (tertiary/aromatic N) is 1. The highest BCUT2D eigenvalue weighted by Crippen LogP contribution is 2.33. The summed E-state index contributed by atoms with van der Waals surface area (Å²) in [5.41, 5.74) is -1.40. The van der Waals surface area contributed by atoms with Crippen molar-refractivity contribution in [3.63, 3.8) is 0 Å². The second kappa shape index (κ2) is 11.2. The molecule has 1 aliphatic rings. The molecule has 1 atom stereocenters. The Kier molecular flexibility index (Phi) is 8.99. The largest absolute Gasteiger partial charge is 0.464 e. The van der Waals surface area contributed by atoms with Crippen LogP contribution in [0.15, 0.2) is 24.3 Å². The molecule has 0 saturated carbocycles. The van der Waals surface area contributed by atoms with Gasteiger partial charge in [0, 0.05) is 6.54 Å². The molecule has 1 aromatic carbocycles. The lowest BCUT2D eigenvalue weighted by molar-refractivity contribution is -0.148. The van der Waals surface area contributed by atoms with Crippen LogP contribution < -0.4 is 0 Å². The molecule has 1 saturated heterocycles. The van der Waals surface area contributed by atoms with Crippen LogP contribution in [-0.2, 0) is 15.7 Å². The fraction of sp³-hybridized carbons (Fsp3) is 0.636. The lowest BCUT2D eigenvalue weighted by Crippen LogP contribution is -2.42. The zero-order valence-electron chi connectivity index (χ0n) is 17.0. The monoisotopic (exact) mass is 413 g/mol. The van der Waals surface area contributed by atoms with Gasteiger partial charge in [-0.15, -0.1) is 0 Å². The van der Waals surface area contributed by atoms with Gasteiger partial charge < -0.3 is 9.64 Å². The predicted octanol–water partition coefficient (Wildman–Crippen LogP) is 5.60. The Bertz CT molecular complexity index is 676. The summed E-state index contributed by atoms with van der Waals surface area (Å²) < 4.78 is 45.0. The van der Waals surface area contributed by atoms with Crippen LogP contribution >= 0.6 is 0 Å². The van der Waals surface area contributed by atoms with Gasteiger partial charge in [-0.1, -0.05) is 57.6 Å². The highest BCUT2D eigenvalue weighted by atomic mass is 19.4. The highest BCUT2D eigenvalue weighted by molar-refractivity contribution is 5.98. The average molecular weight is 413 g/mol. The fourth-order valence-electron chi connectivity index (χ4n) is 3.65. The van der Waals surface area contributed by atoms with Crippen molar-refractivity contribution < 1.29 is 27.5 Å². The van der Waals surface area contributed by atoms with E-state index >= 15 is 0 Å². The lowest BCUT2D eigenvalue weighted by atomic mass is 10.1. The average Bonchev–Trinajstić information content (AvgIpc) is 3.18. The molecule has 1 aromatic rings. The van der Waals surface area contributed by atoms with Gasteiger partial charge in [0.15, 0.2) is 0 Å². The van der Waals surface area contributed by atoms with E-state index in [1.165, 1.54) is 42.7 Å². The number of esters is 1. The molecule has 0 spiro atoms. The normalized spacial score (nSPS) is 16.8. The van der Waals surface area contributed by atoms with Gasteiger partial charge in [-0.2, -0.15) is 13.2 Å². The number of halogens is 3. The summed E-state index contributed by atoms with van der Waals surface area (Å²) in [4.78, 5) is 26.4. The third-order valence-electron chi connectivity index (χ3n) is 5.24. The van der Waals surface area contributed by atoms with Gasteiger partial charge in [0.2, 0.25) is 0 Å². The number of unbranched alkanes of at least 4 members (excludes halogenated alkanes) is 6. The van der Waals surface area contributed by atoms with E-state index in [9.17, 15) is 22.8 Å². The molecule has 1 unspecified atom stereocenters. The van der Waals surface area contributed by atoms with Gasteiger partial charge in [-0.25, -0.2) is 4.79 Å². The molecule has 0 bridgehead atoms. The number of hydrogen-bond donors (Lipinski definition) is 0. The van der Waals surface area contributed by atoms with E-state index in [0.29, 0.717) is 12.8 Å². The molecule has 162 valence electrons. The molecular formula is C22H30F3NO3. The summed E-state index contributed by atoms with van der Waals surface area (Å²) in [6.45, 7) is 2.70. The zero-order chi connectivity index (χ0) is 21.3. The minimum absolute atomic E-state index is 0.252. The maximum Gasteiger partial charge on any atom is 0.417 e. The second-order valence-corrected chi connectivity index (χ2v) is 7.49. The van der Waals surface area contributed by atoms with Gasteiger partial charge in [0.05, 0.1) is 17.7 Å². The van der Waals surface area contributed by atoms with E-state index in [1.54, 1.807) is 0 Å². The van der Waals surface area contributed by atoms with Crippen LogP contribution in [0.3, 0.4) is 0 Å². The summed E-state index contributed by atoms with van der Waals surface area (Å²) >= 11 is 0. The summed E-state index contributed by atoms with van der Waals surface area (Å²) in [6, 6.07) is 3.87. The number of carbonyl (C=O) groups is 2. The Balaban J connectivity index is 1.88. The molecule has 0 aromatic heterocycles. The zero-order valence-corrected chi connectivity index (χ0v) is 17.0. The Morgan fingerprint density at radius 3 is 2.41 bits per heavy atom. The minimum atomic E-state index is -4.63. The van der Waals surface area contributed by atoms with E-state index in [4.69, 9.17) is 4.74 Å². The highest BCUT2D eigenvalue weighted by Gasteiger charge is 2.40. The van der Waals surface area contributed by atoms with E-state index in [-0.39, 0.29) is 13.2 Å². The second-order valence-electron chi connectivity index (χ2n) is 7.49. The number of carbonyl (C=O) groups excluding carboxylic acids is 2. The smallest absolute Gasteiger partial charge is 0.417 e. The van der Waals surface area contributed by atoms with E-state index in [2.05, 4.69) is 6.92 Å². The summed E-state index contributed by atoms with van der Waals surface area (Å²) in [7, 11) is 0. The van der Waals surface area contributed by atoms with Crippen molar-refractivity contribution in [2.45, 2.75) is 76.9 Å². The van der Waals surface area contributed by atoms with Crippen molar-refractivity contribution in [1.29, 1.82) is 0 Å². The SMILES string of the molecule is CCCCCCCCCOC(=O)C1CCCN1C(=O)c1ccccc1C(F)(F)F. The van der Waals surface area contributed by atoms with Gasteiger partial charge in [-0.3, -0.25) is 4.79 Å². The Morgan fingerprint density at radius 1 is 1.07 bits per heavy atom. The van der Waals surface area contributed by atoms with Crippen molar-refractivity contribution in [2.75, 3.05) is 13.2 Å². The standard InChI is InChI=1S/C22H30F3NO3/c1-2-3-4-5-6-7-10-16-29-21(28)19-14-11-15-26(19)20(27)17-12-8-9-13-18(17)22(23,24)25/h8-9,12-13,19H,2-7,10-11,14-16H2,1H3. The van der Waals surface area contributed by atoms with Gasteiger partial charge in [0.25, 0.3) is 5.91 Å². The van der Waals surface area contributed by atoms with E-state index in [1.807, 2.05) is 0 Å². The van der Waals surface area contributed by atoms with Crippen LogP contribution in [0.4, 0.5) is 13.2 Å². The first-order valence-corrected chi connectivity index (χ1v) is 10.5. The lowest BCUT2D eigenvalue weighted by Gasteiger charge is -2.24. The van der Waals surface area contributed by atoms with E-state index < -0.39 is 35.2 Å². The number of rotatable bonds is 10. The number of hydrogen-bond acceptors (Lipinski definition) is 3. The predicted molar refractivity (Wildman–Crippen MR) is 104 cm³/mol. The summed E-state index contributed by atoms with van der Waals surface area (Å²) in [5.74, 6) is -1.29. The third-order valence-corrected chi connectivity index (χ3v) is 5.24. The number of ether oxygens (including phenoxy) is 1. The van der Waals surface area contributed by atoms with Crippen LogP contribution in [-0.4, -0.2) is 36.0 Å². The number of alkyl halides is 3. The first-order chi connectivity index (χ1) is 13.9. The number of likely N-dealkylation sites (tertiary alicyclic amines) is 1. The molecule has 7 heteroatoms. The summed E-state index contributed by atoms with van der Waals surface area (Å²) in [5, 5.41) is 0.